The monoisotopic (exact) mass is 206 g/mol. The van der Waals surface area contributed by atoms with Crippen molar-refractivity contribution in [1.29, 1.82) is 0 Å². The highest BCUT2D eigenvalue weighted by molar-refractivity contribution is 5.95. The van der Waals surface area contributed by atoms with Crippen molar-refractivity contribution in [3.05, 3.63) is 29.3 Å². The molecule has 1 amide bonds. The number of amides is 1. The van der Waals surface area contributed by atoms with Gasteiger partial charge in [-0.05, 0) is 30.5 Å². The molecule has 0 saturated heterocycles. The summed E-state index contributed by atoms with van der Waals surface area (Å²) in [4.78, 5) is 11.2. The van der Waals surface area contributed by atoms with Gasteiger partial charge in [0.2, 0.25) is 5.91 Å². The summed E-state index contributed by atoms with van der Waals surface area (Å²) in [5.74, 6) is -0.395. The fourth-order valence-electron chi connectivity index (χ4n) is 1.67. The molecule has 0 spiro atoms. The van der Waals surface area contributed by atoms with Gasteiger partial charge in [-0.1, -0.05) is 25.8 Å². The summed E-state index contributed by atoms with van der Waals surface area (Å²) >= 11 is 0. The molecule has 1 aromatic rings. The van der Waals surface area contributed by atoms with Crippen LogP contribution in [0.15, 0.2) is 18.2 Å². The van der Waals surface area contributed by atoms with E-state index in [0.29, 0.717) is 11.3 Å². The van der Waals surface area contributed by atoms with E-state index in [9.17, 15) is 4.79 Å². The van der Waals surface area contributed by atoms with Gasteiger partial charge in [0.15, 0.2) is 0 Å². The number of hydrogen-bond acceptors (Lipinski definition) is 2. The normalized spacial score (nSPS) is 10.2. The van der Waals surface area contributed by atoms with Crippen LogP contribution in [0.3, 0.4) is 0 Å². The van der Waals surface area contributed by atoms with E-state index in [1.807, 2.05) is 6.07 Å². The highest BCUT2D eigenvalue weighted by Gasteiger charge is 2.09. The van der Waals surface area contributed by atoms with Crippen LogP contribution in [-0.2, 0) is 6.42 Å². The molecule has 0 aliphatic heterocycles. The van der Waals surface area contributed by atoms with Gasteiger partial charge in [-0.15, -0.1) is 0 Å². The van der Waals surface area contributed by atoms with Crippen LogP contribution < -0.4 is 11.5 Å². The molecular formula is C12H18N2O. The molecule has 0 aliphatic rings. The van der Waals surface area contributed by atoms with Crippen LogP contribution in [0.25, 0.3) is 0 Å². The summed E-state index contributed by atoms with van der Waals surface area (Å²) in [5, 5.41) is 0. The first kappa shape index (κ1) is 11.6. The smallest absolute Gasteiger partial charge is 0.249 e. The number of nitrogens with two attached hydrogens (primary N) is 2. The number of primary amides is 1. The van der Waals surface area contributed by atoms with Crippen LogP contribution in [-0.4, -0.2) is 5.91 Å². The number of carbonyl (C=O) groups is 1. The van der Waals surface area contributed by atoms with E-state index in [4.69, 9.17) is 11.5 Å². The van der Waals surface area contributed by atoms with Crippen molar-refractivity contribution < 1.29 is 4.79 Å². The Kier molecular flexibility index (Phi) is 4.16. The van der Waals surface area contributed by atoms with Crippen LogP contribution in [0.2, 0.25) is 0 Å². The Bertz CT molecular complexity index is 347. The third kappa shape index (κ3) is 2.98. The van der Waals surface area contributed by atoms with Crippen molar-refractivity contribution in [3.8, 4) is 0 Å². The molecule has 0 bridgehead atoms. The largest absolute Gasteiger partial charge is 0.398 e. The summed E-state index contributed by atoms with van der Waals surface area (Å²) in [6.45, 7) is 2.14. The van der Waals surface area contributed by atoms with Gasteiger partial charge in [0.1, 0.15) is 0 Å². The summed E-state index contributed by atoms with van der Waals surface area (Å²) in [7, 11) is 0. The third-order valence-electron chi connectivity index (χ3n) is 2.51. The summed E-state index contributed by atoms with van der Waals surface area (Å²) in [6.07, 6.45) is 4.18. The van der Waals surface area contributed by atoms with E-state index in [1.54, 1.807) is 12.1 Å². The predicted octanol–water partition coefficient (Wildman–Crippen LogP) is 2.10. The van der Waals surface area contributed by atoms with E-state index in [-0.39, 0.29) is 0 Å². The van der Waals surface area contributed by atoms with Crippen molar-refractivity contribution in [2.24, 2.45) is 5.73 Å². The van der Waals surface area contributed by atoms with Crippen molar-refractivity contribution >= 4 is 11.6 Å². The minimum atomic E-state index is -0.395. The highest BCUT2D eigenvalue weighted by Crippen LogP contribution is 2.19. The number of nitrogen functional groups attached to an aromatic ring is 1. The van der Waals surface area contributed by atoms with Crippen LogP contribution in [0.1, 0.15) is 42.1 Å². The molecule has 1 aromatic carbocycles. The average molecular weight is 206 g/mol. The van der Waals surface area contributed by atoms with Gasteiger partial charge in [0, 0.05) is 11.3 Å². The second-order valence-electron chi connectivity index (χ2n) is 3.69. The molecule has 4 N–H and O–H groups in total. The van der Waals surface area contributed by atoms with Crippen molar-refractivity contribution in [1.82, 2.24) is 0 Å². The molecule has 1 rings (SSSR count). The number of rotatable bonds is 5. The number of anilines is 1. The lowest BCUT2D eigenvalue weighted by Gasteiger charge is -2.09. The van der Waals surface area contributed by atoms with Gasteiger partial charge in [-0.25, -0.2) is 0 Å². The van der Waals surface area contributed by atoms with Gasteiger partial charge in [-0.3, -0.25) is 4.79 Å². The van der Waals surface area contributed by atoms with E-state index in [0.717, 1.165) is 31.2 Å². The zero-order chi connectivity index (χ0) is 11.3. The van der Waals surface area contributed by atoms with Gasteiger partial charge in [0.25, 0.3) is 0 Å². The number of benzene rings is 1. The van der Waals surface area contributed by atoms with E-state index >= 15 is 0 Å². The maximum atomic E-state index is 11.2. The second kappa shape index (κ2) is 5.39. The molecule has 82 valence electrons. The first-order valence-corrected chi connectivity index (χ1v) is 5.34. The molecule has 3 nitrogen and oxygen atoms in total. The topological polar surface area (TPSA) is 69.1 Å². The number of hydrogen-bond donors (Lipinski definition) is 2. The maximum Gasteiger partial charge on any atom is 0.249 e. The molecular weight excluding hydrogens is 188 g/mol. The van der Waals surface area contributed by atoms with Crippen LogP contribution in [0.4, 0.5) is 5.69 Å². The lowest BCUT2D eigenvalue weighted by atomic mass is 9.99. The van der Waals surface area contributed by atoms with E-state index in [1.165, 1.54) is 0 Å². The van der Waals surface area contributed by atoms with Crippen LogP contribution in [0.5, 0.6) is 0 Å². The van der Waals surface area contributed by atoms with Crippen molar-refractivity contribution in [2.75, 3.05) is 5.73 Å². The van der Waals surface area contributed by atoms with E-state index in [2.05, 4.69) is 6.92 Å². The Morgan fingerprint density at radius 2 is 2.07 bits per heavy atom. The van der Waals surface area contributed by atoms with Crippen molar-refractivity contribution in [2.45, 2.75) is 32.6 Å². The lowest BCUT2D eigenvalue weighted by Crippen LogP contribution is -2.15. The Morgan fingerprint density at radius 1 is 1.33 bits per heavy atom. The number of carbonyl (C=O) groups excluding carboxylic acids is 1. The van der Waals surface area contributed by atoms with Crippen molar-refractivity contribution in [3.63, 3.8) is 0 Å². The molecule has 0 atom stereocenters. The molecule has 0 aromatic heterocycles. The average Bonchev–Trinajstić information content (AvgIpc) is 2.20. The summed E-state index contributed by atoms with van der Waals surface area (Å²) in [5.41, 5.74) is 13.3. The minimum Gasteiger partial charge on any atom is -0.398 e. The predicted molar refractivity (Wildman–Crippen MR) is 62.6 cm³/mol. The molecule has 3 heteroatoms. The van der Waals surface area contributed by atoms with Crippen LogP contribution in [0, 0.1) is 0 Å². The molecule has 0 aliphatic carbocycles. The van der Waals surface area contributed by atoms with E-state index < -0.39 is 5.91 Å². The van der Waals surface area contributed by atoms with Gasteiger partial charge in [-0.2, -0.15) is 0 Å². The standard InChI is InChI=1S/C12H18N2O/c1-2-3-4-6-9-10(12(14)15)7-5-8-11(9)13/h5,7-8H,2-4,6,13H2,1H3,(H2,14,15). The Labute approximate surface area is 90.5 Å². The quantitative estimate of drug-likeness (QED) is 0.572. The molecule has 0 fully saturated rings. The molecule has 0 radical (unpaired) electrons. The molecule has 15 heavy (non-hydrogen) atoms. The SMILES string of the molecule is CCCCCc1c(N)cccc1C(N)=O. The van der Waals surface area contributed by atoms with Gasteiger partial charge in [0.05, 0.1) is 0 Å². The first-order valence-electron chi connectivity index (χ1n) is 5.34. The van der Waals surface area contributed by atoms with Gasteiger partial charge < -0.3 is 11.5 Å². The zero-order valence-electron chi connectivity index (χ0n) is 9.12. The number of unbranched alkanes of at least 4 members (excludes halogenated alkanes) is 2. The summed E-state index contributed by atoms with van der Waals surface area (Å²) < 4.78 is 0. The molecule has 0 heterocycles. The lowest BCUT2D eigenvalue weighted by molar-refractivity contribution is 0.0999. The molecule has 0 saturated carbocycles. The van der Waals surface area contributed by atoms with Gasteiger partial charge >= 0.3 is 0 Å². The Morgan fingerprint density at radius 3 is 2.67 bits per heavy atom. The minimum absolute atomic E-state index is 0.395. The van der Waals surface area contributed by atoms with Crippen LogP contribution >= 0.6 is 0 Å². The third-order valence-corrected chi connectivity index (χ3v) is 2.51. The zero-order valence-corrected chi connectivity index (χ0v) is 9.12. The molecule has 0 unspecified atom stereocenters. The fraction of sp³-hybridized carbons (Fsp3) is 0.417. The highest BCUT2D eigenvalue weighted by atomic mass is 16.1. The fourth-order valence-corrected chi connectivity index (χ4v) is 1.67. The summed E-state index contributed by atoms with van der Waals surface area (Å²) in [6, 6.07) is 5.31. The Hall–Kier alpha value is -1.51. The maximum absolute atomic E-state index is 11.2. The second-order valence-corrected chi connectivity index (χ2v) is 3.69. The Balaban J connectivity index is 2.87. The first-order chi connectivity index (χ1) is 7.16.